The molecule has 1 atom stereocenters. The Bertz CT molecular complexity index is 1330. The van der Waals surface area contributed by atoms with Crippen LogP contribution >= 0.6 is 11.6 Å². The Morgan fingerprint density at radius 1 is 1.09 bits per heavy atom. The molecule has 34 heavy (non-hydrogen) atoms. The van der Waals surface area contributed by atoms with Gasteiger partial charge in [-0.25, -0.2) is 18.6 Å². The van der Waals surface area contributed by atoms with Crippen molar-refractivity contribution in [1.82, 2.24) is 9.73 Å². The standard InChI is InChI=1S/C23H20ClN3O6S/c24-17-7-10-19(11-8-17)34(31,32)27-13-1-2-20(27)22(28)26-25-14-18-9-12-21(33-18)15-3-5-16(6-4-15)23(29)30/h3-12,14,20H,1-2,13H2,(H,26,28)(H,29,30)/t20-/m1/s1. The molecule has 0 bridgehead atoms. The number of amides is 1. The van der Waals surface area contributed by atoms with Crippen LogP contribution in [0.4, 0.5) is 0 Å². The lowest BCUT2D eigenvalue weighted by molar-refractivity contribution is -0.124. The maximum atomic E-state index is 13.0. The van der Waals surface area contributed by atoms with E-state index in [2.05, 4.69) is 10.5 Å². The molecule has 1 aromatic heterocycles. The minimum atomic E-state index is -3.86. The van der Waals surface area contributed by atoms with E-state index in [1.54, 1.807) is 24.3 Å². The van der Waals surface area contributed by atoms with Crippen LogP contribution in [-0.2, 0) is 14.8 Å². The fraction of sp³-hybridized carbons (Fsp3) is 0.174. The number of nitrogens with one attached hydrogen (secondary N) is 1. The summed E-state index contributed by atoms with van der Waals surface area (Å²) < 4.78 is 32.8. The summed E-state index contributed by atoms with van der Waals surface area (Å²) in [5.74, 6) is -0.700. The van der Waals surface area contributed by atoms with Crippen molar-refractivity contribution >= 4 is 39.7 Å². The zero-order valence-corrected chi connectivity index (χ0v) is 19.3. The molecule has 4 rings (SSSR count). The number of benzene rings is 2. The third kappa shape index (κ3) is 5.04. The Hall–Kier alpha value is -3.47. The van der Waals surface area contributed by atoms with Gasteiger partial charge >= 0.3 is 5.97 Å². The lowest BCUT2D eigenvalue weighted by Gasteiger charge is -2.22. The van der Waals surface area contributed by atoms with Gasteiger partial charge in [-0.1, -0.05) is 23.7 Å². The number of carbonyl (C=O) groups excluding carboxylic acids is 1. The number of hydrogen-bond donors (Lipinski definition) is 2. The first-order valence-electron chi connectivity index (χ1n) is 10.3. The lowest BCUT2D eigenvalue weighted by atomic mass is 10.1. The molecular weight excluding hydrogens is 482 g/mol. The fourth-order valence-electron chi connectivity index (χ4n) is 3.62. The van der Waals surface area contributed by atoms with Crippen LogP contribution in [0, 0.1) is 0 Å². The zero-order chi connectivity index (χ0) is 24.3. The smallest absolute Gasteiger partial charge is 0.335 e. The summed E-state index contributed by atoms with van der Waals surface area (Å²) in [6.07, 6.45) is 2.24. The first kappa shape index (κ1) is 23.7. The molecule has 1 aliphatic rings. The molecule has 0 saturated carbocycles. The number of furan rings is 1. The van der Waals surface area contributed by atoms with Crippen LogP contribution in [0.5, 0.6) is 0 Å². The van der Waals surface area contributed by atoms with Gasteiger partial charge in [0.25, 0.3) is 5.91 Å². The lowest BCUT2D eigenvalue weighted by Crippen LogP contribution is -2.44. The van der Waals surface area contributed by atoms with Gasteiger partial charge in [0.2, 0.25) is 10.0 Å². The molecule has 9 nitrogen and oxygen atoms in total. The third-order valence-corrected chi connectivity index (χ3v) is 7.51. The Kier molecular flexibility index (Phi) is 6.82. The first-order valence-corrected chi connectivity index (χ1v) is 12.1. The minimum absolute atomic E-state index is 0.0691. The number of hydrazone groups is 1. The van der Waals surface area contributed by atoms with Crippen molar-refractivity contribution in [2.24, 2.45) is 5.10 Å². The zero-order valence-electron chi connectivity index (χ0n) is 17.7. The second-order valence-corrected chi connectivity index (χ2v) is 9.87. The van der Waals surface area contributed by atoms with Crippen molar-refractivity contribution in [2.45, 2.75) is 23.8 Å². The molecule has 11 heteroatoms. The molecule has 2 N–H and O–H groups in total. The van der Waals surface area contributed by atoms with Crippen molar-refractivity contribution in [3.05, 3.63) is 77.0 Å². The van der Waals surface area contributed by atoms with Crippen LogP contribution in [0.1, 0.15) is 29.0 Å². The summed E-state index contributed by atoms with van der Waals surface area (Å²) in [5.41, 5.74) is 3.23. The molecule has 1 amide bonds. The highest BCUT2D eigenvalue weighted by Crippen LogP contribution is 2.27. The number of sulfonamides is 1. The summed E-state index contributed by atoms with van der Waals surface area (Å²) in [4.78, 5) is 23.7. The fourth-order valence-corrected chi connectivity index (χ4v) is 5.40. The maximum Gasteiger partial charge on any atom is 0.335 e. The maximum absolute atomic E-state index is 13.0. The van der Waals surface area contributed by atoms with Gasteiger partial charge in [0.1, 0.15) is 17.6 Å². The quantitative estimate of drug-likeness (QED) is 0.376. The van der Waals surface area contributed by atoms with Crippen LogP contribution in [0.25, 0.3) is 11.3 Å². The van der Waals surface area contributed by atoms with Gasteiger partial charge in [-0.15, -0.1) is 0 Å². The second kappa shape index (κ2) is 9.80. The summed E-state index contributed by atoms with van der Waals surface area (Å²) in [7, 11) is -3.86. The van der Waals surface area contributed by atoms with Gasteiger partial charge in [-0.2, -0.15) is 9.41 Å². The molecule has 0 aliphatic carbocycles. The molecule has 2 aromatic carbocycles. The summed E-state index contributed by atoms with van der Waals surface area (Å²) >= 11 is 5.84. The van der Waals surface area contributed by atoms with Crippen LogP contribution in [0.2, 0.25) is 5.02 Å². The van der Waals surface area contributed by atoms with Gasteiger partial charge in [0, 0.05) is 17.1 Å². The third-order valence-electron chi connectivity index (χ3n) is 5.34. The van der Waals surface area contributed by atoms with Gasteiger partial charge in [-0.3, -0.25) is 4.79 Å². The number of carboxylic acid groups (broad SMARTS) is 1. The van der Waals surface area contributed by atoms with E-state index in [1.807, 2.05) is 0 Å². The molecule has 3 aromatic rings. The van der Waals surface area contributed by atoms with E-state index in [0.29, 0.717) is 34.9 Å². The van der Waals surface area contributed by atoms with Gasteiger partial charge in [0.05, 0.1) is 16.7 Å². The first-order chi connectivity index (χ1) is 16.3. The average Bonchev–Trinajstić information content (AvgIpc) is 3.50. The molecule has 0 spiro atoms. The Morgan fingerprint density at radius 3 is 2.47 bits per heavy atom. The number of hydrogen-bond acceptors (Lipinski definition) is 6. The number of carboxylic acids is 1. The Labute approximate surface area is 200 Å². The van der Waals surface area contributed by atoms with Crippen LogP contribution < -0.4 is 5.43 Å². The van der Waals surface area contributed by atoms with Crippen molar-refractivity contribution < 1.29 is 27.5 Å². The topological polar surface area (TPSA) is 129 Å². The normalized spacial score (nSPS) is 16.7. The van der Waals surface area contributed by atoms with Crippen LogP contribution in [-0.4, -0.2) is 48.5 Å². The highest BCUT2D eigenvalue weighted by atomic mass is 35.5. The SMILES string of the molecule is O=C(O)c1ccc(-c2ccc(C=NNC(=O)[C@H]3CCCN3S(=O)(=O)c3ccc(Cl)cc3)o2)cc1. The highest BCUT2D eigenvalue weighted by Gasteiger charge is 2.39. The Balaban J connectivity index is 1.41. The van der Waals surface area contributed by atoms with Crippen molar-refractivity contribution in [1.29, 1.82) is 0 Å². The highest BCUT2D eigenvalue weighted by molar-refractivity contribution is 7.89. The average molecular weight is 502 g/mol. The molecule has 1 fully saturated rings. The van der Waals surface area contributed by atoms with E-state index in [9.17, 15) is 18.0 Å². The number of carbonyl (C=O) groups is 2. The van der Waals surface area contributed by atoms with E-state index < -0.39 is 27.9 Å². The summed E-state index contributed by atoms with van der Waals surface area (Å²) in [6, 6.07) is 14.4. The van der Waals surface area contributed by atoms with Crippen LogP contribution in [0.3, 0.4) is 0 Å². The number of halogens is 1. The minimum Gasteiger partial charge on any atom is -0.478 e. The predicted octanol–water partition coefficient (Wildman–Crippen LogP) is 3.60. The summed E-state index contributed by atoms with van der Waals surface area (Å²) in [6.45, 7) is 0.231. The molecule has 176 valence electrons. The second-order valence-electron chi connectivity index (χ2n) is 7.55. The number of aromatic carboxylic acids is 1. The molecule has 0 unspecified atom stereocenters. The van der Waals surface area contributed by atoms with Gasteiger partial charge in [0.15, 0.2) is 0 Å². The molecule has 1 saturated heterocycles. The van der Waals surface area contributed by atoms with Crippen LogP contribution in [0.15, 0.2) is 75.1 Å². The van der Waals surface area contributed by atoms with E-state index in [0.717, 1.165) is 0 Å². The van der Waals surface area contributed by atoms with E-state index in [4.69, 9.17) is 21.1 Å². The molecular formula is C23H20ClN3O6S. The number of nitrogens with zero attached hydrogens (tertiary/aromatic N) is 2. The van der Waals surface area contributed by atoms with Gasteiger partial charge in [-0.05, 0) is 61.4 Å². The Morgan fingerprint density at radius 2 is 1.79 bits per heavy atom. The monoisotopic (exact) mass is 501 g/mol. The number of rotatable bonds is 7. The largest absolute Gasteiger partial charge is 0.478 e. The molecule has 1 aliphatic heterocycles. The van der Waals surface area contributed by atoms with E-state index in [-0.39, 0.29) is 17.0 Å². The van der Waals surface area contributed by atoms with E-state index in [1.165, 1.54) is 46.9 Å². The van der Waals surface area contributed by atoms with Crippen molar-refractivity contribution in [2.75, 3.05) is 6.54 Å². The van der Waals surface area contributed by atoms with Gasteiger partial charge < -0.3 is 9.52 Å². The van der Waals surface area contributed by atoms with Crippen molar-refractivity contribution in [3.63, 3.8) is 0 Å². The summed E-state index contributed by atoms with van der Waals surface area (Å²) in [5, 5.41) is 13.3. The predicted molar refractivity (Wildman–Crippen MR) is 125 cm³/mol. The molecule has 2 heterocycles. The van der Waals surface area contributed by atoms with E-state index >= 15 is 0 Å². The molecule has 0 radical (unpaired) electrons. The van der Waals surface area contributed by atoms with Crippen molar-refractivity contribution in [3.8, 4) is 11.3 Å².